The number of hydrogen-bond donors (Lipinski definition) is 0. The Bertz CT molecular complexity index is 858. The molecule has 3 heterocycles. The highest BCUT2D eigenvalue weighted by atomic mass is 16.5. The quantitative estimate of drug-likeness (QED) is 0.832. The molecular weight excluding hydrogens is 330 g/mol. The first-order chi connectivity index (χ1) is 12.5. The summed E-state index contributed by atoms with van der Waals surface area (Å²) in [6.07, 6.45) is 3.86. The predicted octanol–water partition coefficient (Wildman–Crippen LogP) is 2.61. The summed E-state index contributed by atoms with van der Waals surface area (Å²) in [5.74, 6) is 0.918. The van der Waals surface area contributed by atoms with Crippen molar-refractivity contribution in [1.82, 2.24) is 14.7 Å². The van der Waals surface area contributed by atoms with E-state index >= 15 is 0 Å². The average molecular weight is 353 g/mol. The zero-order valence-corrected chi connectivity index (χ0v) is 15.1. The lowest BCUT2D eigenvalue weighted by Gasteiger charge is -2.38. The number of hydrogen-bond acceptors (Lipinski definition) is 4. The lowest BCUT2D eigenvalue weighted by Crippen LogP contribution is -2.46. The van der Waals surface area contributed by atoms with Crippen LogP contribution < -0.4 is 4.74 Å². The third-order valence-corrected chi connectivity index (χ3v) is 5.30. The Labute approximate surface area is 152 Å². The fourth-order valence-corrected chi connectivity index (χ4v) is 3.91. The van der Waals surface area contributed by atoms with Crippen LogP contribution in [-0.2, 0) is 7.05 Å². The van der Waals surface area contributed by atoms with Gasteiger partial charge < -0.3 is 9.64 Å². The van der Waals surface area contributed by atoms with E-state index in [1.165, 1.54) is 0 Å². The number of likely N-dealkylation sites (tertiary alicyclic amines) is 1. The summed E-state index contributed by atoms with van der Waals surface area (Å²) in [7, 11) is 1.80. The zero-order chi connectivity index (χ0) is 18.3. The van der Waals surface area contributed by atoms with E-state index in [0.29, 0.717) is 30.0 Å². The number of fused-ring (bicyclic) bond motifs is 1. The van der Waals surface area contributed by atoms with Crippen LogP contribution in [0.2, 0.25) is 0 Å². The van der Waals surface area contributed by atoms with E-state index in [2.05, 4.69) is 5.10 Å². The van der Waals surface area contributed by atoms with Gasteiger partial charge in [0.05, 0.1) is 5.56 Å². The topological polar surface area (TPSA) is 64.4 Å². The second-order valence-electron chi connectivity index (χ2n) is 7.31. The predicted molar refractivity (Wildman–Crippen MR) is 96.4 cm³/mol. The first-order valence-electron chi connectivity index (χ1n) is 9.10. The van der Waals surface area contributed by atoms with Crippen molar-refractivity contribution in [3.8, 4) is 5.75 Å². The molecule has 26 heavy (non-hydrogen) atoms. The van der Waals surface area contributed by atoms with Gasteiger partial charge >= 0.3 is 0 Å². The van der Waals surface area contributed by atoms with Gasteiger partial charge in [-0.05, 0) is 38.0 Å². The molecule has 6 heteroatoms. The molecule has 1 fully saturated rings. The molecule has 0 N–H and O–H groups in total. The third-order valence-electron chi connectivity index (χ3n) is 5.30. The highest BCUT2D eigenvalue weighted by Gasteiger charge is 2.36. The molecule has 2 aromatic rings. The maximum absolute atomic E-state index is 12.7. The fourth-order valence-electron chi connectivity index (χ4n) is 3.91. The zero-order valence-electron chi connectivity index (χ0n) is 15.1. The van der Waals surface area contributed by atoms with Crippen LogP contribution in [0.5, 0.6) is 5.75 Å². The summed E-state index contributed by atoms with van der Waals surface area (Å²) in [6.45, 7) is 3.30. The SMILES string of the molecule is Cc1ccc2c(c1)C(=O)CC(C1CCCN(C(=O)c3ccn(C)n3)C1)O2. The molecule has 136 valence electrons. The summed E-state index contributed by atoms with van der Waals surface area (Å²) < 4.78 is 7.79. The van der Waals surface area contributed by atoms with Gasteiger partial charge in [0, 0.05) is 38.7 Å². The Hall–Kier alpha value is -2.63. The van der Waals surface area contributed by atoms with E-state index in [-0.39, 0.29) is 23.7 Å². The van der Waals surface area contributed by atoms with E-state index < -0.39 is 0 Å². The molecular formula is C20H23N3O3. The molecule has 0 saturated carbocycles. The molecule has 6 nitrogen and oxygen atoms in total. The summed E-state index contributed by atoms with van der Waals surface area (Å²) in [6, 6.07) is 7.48. The number of Topliss-reactive ketones (excluding diaryl/α,β-unsaturated/α-hetero) is 1. The summed E-state index contributed by atoms with van der Waals surface area (Å²) in [4.78, 5) is 27.1. The number of nitrogens with zero attached hydrogens (tertiary/aromatic N) is 3. The number of carbonyl (C=O) groups excluding carboxylic acids is 2. The van der Waals surface area contributed by atoms with Crippen LogP contribution in [0.1, 0.15) is 45.7 Å². The highest BCUT2D eigenvalue weighted by Crippen LogP contribution is 2.34. The molecule has 0 aliphatic carbocycles. The maximum Gasteiger partial charge on any atom is 0.274 e. The van der Waals surface area contributed by atoms with Gasteiger partial charge in [0.25, 0.3) is 5.91 Å². The van der Waals surface area contributed by atoms with Gasteiger partial charge in [0.2, 0.25) is 0 Å². The van der Waals surface area contributed by atoms with Crippen molar-refractivity contribution in [3.63, 3.8) is 0 Å². The molecule has 2 atom stereocenters. The number of rotatable bonds is 2. The van der Waals surface area contributed by atoms with Crippen LogP contribution in [-0.4, -0.2) is 45.6 Å². The van der Waals surface area contributed by atoms with Crippen molar-refractivity contribution in [2.75, 3.05) is 13.1 Å². The van der Waals surface area contributed by atoms with Gasteiger partial charge in [-0.1, -0.05) is 11.6 Å². The van der Waals surface area contributed by atoms with Gasteiger partial charge in [0.15, 0.2) is 5.78 Å². The number of piperidine rings is 1. The van der Waals surface area contributed by atoms with Gasteiger partial charge in [0.1, 0.15) is 17.5 Å². The number of ketones is 1. The second-order valence-corrected chi connectivity index (χ2v) is 7.31. The molecule has 2 aliphatic rings. The minimum atomic E-state index is -0.169. The van der Waals surface area contributed by atoms with E-state index in [0.717, 1.165) is 24.9 Å². The third kappa shape index (κ3) is 3.11. The number of aromatic nitrogens is 2. The van der Waals surface area contributed by atoms with Crippen LogP contribution in [0.3, 0.4) is 0 Å². The molecule has 1 amide bonds. The van der Waals surface area contributed by atoms with Crippen LogP contribution in [0.25, 0.3) is 0 Å². The van der Waals surface area contributed by atoms with Crippen molar-refractivity contribution in [1.29, 1.82) is 0 Å². The Kier molecular flexibility index (Phi) is 4.26. The van der Waals surface area contributed by atoms with Crippen LogP contribution in [0.4, 0.5) is 0 Å². The average Bonchev–Trinajstić information content (AvgIpc) is 3.08. The minimum absolute atomic E-state index is 0.0477. The molecule has 4 rings (SSSR count). The van der Waals surface area contributed by atoms with Crippen LogP contribution >= 0.6 is 0 Å². The van der Waals surface area contributed by atoms with Crippen LogP contribution in [0.15, 0.2) is 30.5 Å². The normalized spacial score (nSPS) is 22.7. The Morgan fingerprint density at radius 1 is 1.31 bits per heavy atom. The van der Waals surface area contributed by atoms with Crippen molar-refractivity contribution in [3.05, 3.63) is 47.3 Å². The van der Waals surface area contributed by atoms with Crippen molar-refractivity contribution < 1.29 is 14.3 Å². The Morgan fingerprint density at radius 3 is 2.92 bits per heavy atom. The highest BCUT2D eigenvalue weighted by molar-refractivity contribution is 6.00. The van der Waals surface area contributed by atoms with E-state index in [4.69, 9.17) is 4.74 Å². The number of carbonyl (C=O) groups is 2. The number of benzene rings is 1. The van der Waals surface area contributed by atoms with E-state index in [1.807, 2.05) is 30.0 Å². The molecule has 2 unspecified atom stereocenters. The van der Waals surface area contributed by atoms with Gasteiger partial charge in [-0.25, -0.2) is 0 Å². The largest absolute Gasteiger partial charge is 0.489 e. The fraction of sp³-hybridized carbons (Fsp3) is 0.450. The summed E-state index contributed by atoms with van der Waals surface area (Å²) >= 11 is 0. The monoisotopic (exact) mass is 353 g/mol. The number of amides is 1. The van der Waals surface area contributed by atoms with Crippen molar-refractivity contribution >= 4 is 11.7 Å². The molecule has 1 saturated heterocycles. The van der Waals surface area contributed by atoms with Gasteiger partial charge in [-0.2, -0.15) is 5.10 Å². The smallest absolute Gasteiger partial charge is 0.274 e. The molecule has 0 spiro atoms. The Balaban J connectivity index is 1.49. The number of ether oxygens (including phenoxy) is 1. The number of aryl methyl sites for hydroxylation is 2. The van der Waals surface area contributed by atoms with Gasteiger partial charge in [-0.3, -0.25) is 14.3 Å². The van der Waals surface area contributed by atoms with Gasteiger partial charge in [-0.15, -0.1) is 0 Å². The molecule has 1 aromatic carbocycles. The summed E-state index contributed by atoms with van der Waals surface area (Å²) in [5, 5.41) is 4.21. The lowest BCUT2D eigenvalue weighted by molar-refractivity contribution is 0.0405. The van der Waals surface area contributed by atoms with Crippen molar-refractivity contribution in [2.24, 2.45) is 13.0 Å². The lowest BCUT2D eigenvalue weighted by atomic mass is 9.86. The molecule has 2 aliphatic heterocycles. The van der Waals surface area contributed by atoms with Crippen LogP contribution in [0, 0.1) is 12.8 Å². The minimum Gasteiger partial charge on any atom is -0.489 e. The second kappa shape index (κ2) is 6.59. The standard InChI is InChI=1S/C20H23N3O3/c1-13-5-6-18-15(10-13)17(24)11-19(26-18)14-4-3-8-23(12-14)20(25)16-7-9-22(2)21-16/h5-7,9-10,14,19H,3-4,8,11-12H2,1-2H3. The summed E-state index contributed by atoms with van der Waals surface area (Å²) in [5.41, 5.74) is 2.21. The van der Waals surface area contributed by atoms with E-state index in [1.54, 1.807) is 24.0 Å². The van der Waals surface area contributed by atoms with Crippen molar-refractivity contribution in [2.45, 2.75) is 32.3 Å². The van der Waals surface area contributed by atoms with E-state index in [9.17, 15) is 9.59 Å². The first-order valence-corrected chi connectivity index (χ1v) is 9.10. The molecule has 0 radical (unpaired) electrons. The molecule has 0 bridgehead atoms. The maximum atomic E-state index is 12.7. The first kappa shape index (κ1) is 16.8. The molecule has 1 aromatic heterocycles. The Morgan fingerprint density at radius 2 is 2.15 bits per heavy atom.